The topological polar surface area (TPSA) is 98.4 Å². The van der Waals surface area contributed by atoms with Crippen LogP contribution in [-0.4, -0.2) is 71.5 Å². The molecular formula is C32H42N7O2P. The van der Waals surface area contributed by atoms with Crippen LogP contribution in [0.1, 0.15) is 39.5 Å². The Kier molecular flexibility index (Phi) is 8.15. The molecule has 0 bridgehead atoms. The van der Waals surface area contributed by atoms with Crippen molar-refractivity contribution < 1.29 is 9.30 Å². The molecular weight excluding hydrogens is 545 g/mol. The fourth-order valence-electron chi connectivity index (χ4n) is 6.18. The zero-order chi connectivity index (χ0) is 29.3. The van der Waals surface area contributed by atoms with E-state index in [1.807, 2.05) is 36.5 Å². The molecule has 4 aromatic rings. The van der Waals surface area contributed by atoms with Gasteiger partial charge in [0.1, 0.15) is 24.4 Å². The molecule has 3 N–H and O–H groups in total. The molecule has 6 rings (SSSR count). The highest BCUT2D eigenvalue weighted by molar-refractivity contribution is 7.70. The molecule has 2 aliphatic rings. The van der Waals surface area contributed by atoms with Gasteiger partial charge in [0.15, 0.2) is 0 Å². The number of likely N-dealkylation sites (tertiary alicyclic amines) is 1. The quantitative estimate of drug-likeness (QED) is 0.190. The van der Waals surface area contributed by atoms with E-state index in [1.165, 1.54) is 38.8 Å². The van der Waals surface area contributed by atoms with Gasteiger partial charge >= 0.3 is 0 Å². The molecule has 0 radical (unpaired) electrons. The maximum atomic E-state index is 13.0. The monoisotopic (exact) mass is 587 g/mol. The predicted molar refractivity (Wildman–Crippen MR) is 174 cm³/mol. The Morgan fingerprint density at radius 1 is 0.976 bits per heavy atom. The molecule has 0 aliphatic carbocycles. The van der Waals surface area contributed by atoms with E-state index < -0.39 is 7.14 Å². The lowest BCUT2D eigenvalue weighted by Gasteiger charge is -2.38. The number of aromatic amines is 1. The number of para-hydroxylation sites is 1. The molecule has 0 amide bonds. The zero-order valence-corrected chi connectivity index (χ0v) is 26.0. The van der Waals surface area contributed by atoms with Gasteiger partial charge in [0.25, 0.3) is 0 Å². The lowest BCUT2D eigenvalue weighted by atomic mass is 10.0. The average molecular weight is 588 g/mol. The summed E-state index contributed by atoms with van der Waals surface area (Å²) in [5.74, 6) is 1.96. The van der Waals surface area contributed by atoms with E-state index >= 15 is 0 Å². The number of H-pyrrole nitrogens is 1. The summed E-state index contributed by atoms with van der Waals surface area (Å²) in [5.41, 5.74) is 3.48. The van der Waals surface area contributed by atoms with Gasteiger partial charge in [0, 0.05) is 42.4 Å². The summed E-state index contributed by atoms with van der Waals surface area (Å²) in [4.78, 5) is 17.9. The first-order valence-electron chi connectivity index (χ1n) is 15.1. The fourth-order valence-corrected chi connectivity index (χ4v) is 7.33. The van der Waals surface area contributed by atoms with Crippen LogP contribution in [0.5, 0.6) is 5.75 Å². The van der Waals surface area contributed by atoms with Crippen LogP contribution in [-0.2, 0) is 4.57 Å². The van der Waals surface area contributed by atoms with Crippen LogP contribution in [0, 0.1) is 0 Å². The fraction of sp³-hybridized carbons (Fsp3) is 0.438. The van der Waals surface area contributed by atoms with Crippen molar-refractivity contribution >= 4 is 52.3 Å². The SMILES string of the molecule is CC(C)Oc1cc(Nc2nc(Nc3ccccc3P(C)(C)=O)c3cc[nH]c3n2)ccc1N1CCC(N2CCCC2)CC1. The standard InChI is InChI=1S/C32H42N7O2P/c1-22(2)41-28-21-23(11-12-27(28)39-19-14-24(15-20-39)38-17-7-8-18-38)34-32-36-30-25(13-16-33-30)31(37-32)35-26-9-5-6-10-29(26)42(3,4)40/h5-6,9-13,16,21-22,24H,7-8,14-15,17-20H2,1-4H3,(H3,33,34,35,36,37). The van der Waals surface area contributed by atoms with Gasteiger partial charge in [-0.15, -0.1) is 0 Å². The van der Waals surface area contributed by atoms with Gasteiger partial charge in [-0.1, -0.05) is 12.1 Å². The predicted octanol–water partition coefficient (Wildman–Crippen LogP) is 6.54. The van der Waals surface area contributed by atoms with Crippen molar-refractivity contribution in [1.29, 1.82) is 0 Å². The van der Waals surface area contributed by atoms with Crippen LogP contribution >= 0.6 is 7.14 Å². The minimum absolute atomic E-state index is 0.0524. The number of hydrogen-bond acceptors (Lipinski definition) is 8. The summed E-state index contributed by atoms with van der Waals surface area (Å²) < 4.78 is 19.3. The Labute approximate surface area is 248 Å². The molecule has 0 saturated carbocycles. The highest BCUT2D eigenvalue weighted by atomic mass is 31.2. The Morgan fingerprint density at radius 3 is 2.48 bits per heavy atom. The largest absolute Gasteiger partial charge is 0.489 e. The maximum Gasteiger partial charge on any atom is 0.231 e. The summed E-state index contributed by atoms with van der Waals surface area (Å²) in [7, 11) is -2.50. The van der Waals surface area contributed by atoms with Crippen molar-refractivity contribution in [3.05, 3.63) is 54.7 Å². The molecule has 0 atom stereocenters. The van der Waals surface area contributed by atoms with Gasteiger partial charge in [0.05, 0.1) is 22.9 Å². The maximum absolute atomic E-state index is 13.0. The lowest BCUT2D eigenvalue weighted by molar-refractivity contribution is 0.206. The number of hydrogen-bond donors (Lipinski definition) is 3. The van der Waals surface area contributed by atoms with Crippen LogP contribution in [0.4, 0.5) is 28.8 Å². The van der Waals surface area contributed by atoms with Crippen LogP contribution < -0.4 is 25.6 Å². The van der Waals surface area contributed by atoms with Gasteiger partial charge in [-0.05, 0) is 96.3 Å². The molecule has 4 heterocycles. The van der Waals surface area contributed by atoms with E-state index in [1.54, 1.807) is 13.3 Å². The molecule has 2 fully saturated rings. The second kappa shape index (κ2) is 12.0. The van der Waals surface area contributed by atoms with E-state index in [2.05, 4.69) is 57.5 Å². The molecule has 0 spiro atoms. The summed E-state index contributed by atoms with van der Waals surface area (Å²) in [6.07, 6.45) is 6.96. The van der Waals surface area contributed by atoms with E-state index in [4.69, 9.17) is 14.7 Å². The van der Waals surface area contributed by atoms with Gasteiger partial charge in [-0.2, -0.15) is 9.97 Å². The number of piperidine rings is 1. The Bertz CT molecular complexity index is 1580. The number of nitrogens with one attached hydrogen (secondary N) is 3. The average Bonchev–Trinajstić information content (AvgIpc) is 3.66. The smallest absolute Gasteiger partial charge is 0.231 e. The number of benzene rings is 2. The molecule has 2 saturated heterocycles. The van der Waals surface area contributed by atoms with Gasteiger partial charge < -0.3 is 34.7 Å². The Hall–Kier alpha value is -3.55. The molecule has 10 heteroatoms. The van der Waals surface area contributed by atoms with Gasteiger partial charge in [-0.25, -0.2) is 0 Å². The normalized spacial score (nSPS) is 16.8. The number of ether oxygens (including phenoxy) is 1. The molecule has 42 heavy (non-hydrogen) atoms. The first-order chi connectivity index (χ1) is 20.2. The number of fused-ring (bicyclic) bond motifs is 1. The minimum Gasteiger partial charge on any atom is -0.489 e. The highest BCUT2D eigenvalue weighted by Crippen LogP contribution is 2.39. The number of anilines is 5. The third-order valence-corrected chi connectivity index (χ3v) is 9.74. The lowest BCUT2D eigenvalue weighted by Crippen LogP contribution is -2.44. The Balaban J connectivity index is 1.25. The van der Waals surface area contributed by atoms with Crippen molar-refractivity contribution in [2.24, 2.45) is 0 Å². The molecule has 2 aliphatic heterocycles. The van der Waals surface area contributed by atoms with E-state index in [-0.39, 0.29) is 6.10 Å². The Morgan fingerprint density at radius 2 is 1.74 bits per heavy atom. The van der Waals surface area contributed by atoms with Crippen molar-refractivity contribution in [1.82, 2.24) is 19.9 Å². The first-order valence-corrected chi connectivity index (χ1v) is 17.7. The van der Waals surface area contributed by atoms with Crippen molar-refractivity contribution in [3.63, 3.8) is 0 Å². The van der Waals surface area contributed by atoms with E-state index in [9.17, 15) is 4.57 Å². The molecule has 2 aromatic carbocycles. The molecule has 222 valence electrons. The molecule has 0 unspecified atom stereocenters. The van der Waals surface area contributed by atoms with Gasteiger partial charge in [-0.3, -0.25) is 0 Å². The van der Waals surface area contributed by atoms with Crippen LogP contribution in [0.25, 0.3) is 11.0 Å². The van der Waals surface area contributed by atoms with Gasteiger partial charge in [0.2, 0.25) is 5.95 Å². The highest BCUT2D eigenvalue weighted by Gasteiger charge is 2.28. The second-order valence-electron chi connectivity index (χ2n) is 12.1. The van der Waals surface area contributed by atoms with Crippen LogP contribution in [0.3, 0.4) is 0 Å². The van der Waals surface area contributed by atoms with E-state index in [0.717, 1.165) is 46.6 Å². The third kappa shape index (κ3) is 6.27. The summed E-state index contributed by atoms with van der Waals surface area (Å²) in [5, 5.41) is 8.48. The summed E-state index contributed by atoms with van der Waals surface area (Å²) in [6.45, 7) is 12.3. The zero-order valence-electron chi connectivity index (χ0n) is 25.1. The van der Waals surface area contributed by atoms with Crippen molar-refractivity contribution in [2.45, 2.75) is 51.7 Å². The molecule has 9 nitrogen and oxygen atoms in total. The number of aromatic nitrogens is 3. The van der Waals surface area contributed by atoms with Crippen molar-refractivity contribution in [3.8, 4) is 5.75 Å². The minimum atomic E-state index is -2.50. The number of rotatable bonds is 9. The van der Waals surface area contributed by atoms with Crippen LogP contribution in [0.2, 0.25) is 0 Å². The van der Waals surface area contributed by atoms with Crippen molar-refractivity contribution in [2.75, 3.05) is 55.0 Å². The summed E-state index contributed by atoms with van der Waals surface area (Å²) in [6, 6.07) is 16.6. The second-order valence-corrected chi connectivity index (χ2v) is 15.2. The first kappa shape index (κ1) is 28.6. The third-order valence-electron chi connectivity index (χ3n) is 8.19. The molecule has 2 aromatic heterocycles. The number of nitrogens with zero attached hydrogens (tertiary/aromatic N) is 4. The van der Waals surface area contributed by atoms with E-state index in [0.29, 0.717) is 23.5 Å². The van der Waals surface area contributed by atoms with Crippen LogP contribution in [0.15, 0.2) is 54.7 Å². The summed E-state index contributed by atoms with van der Waals surface area (Å²) >= 11 is 0.